The maximum atomic E-state index is 12.4. The van der Waals surface area contributed by atoms with E-state index in [1.54, 1.807) is 34.6 Å². The number of hydrogen-bond donors (Lipinski definition) is 4. The van der Waals surface area contributed by atoms with Crippen molar-refractivity contribution in [2.45, 2.75) is 68.5 Å². The van der Waals surface area contributed by atoms with E-state index in [9.17, 15) is 14.7 Å². The van der Waals surface area contributed by atoms with Gasteiger partial charge in [0.1, 0.15) is 5.01 Å². The molecule has 3 unspecified atom stereocenters. The molecule has 2 aromatic carbocycles. The lowest BCUT2D eigenvalue weighted by molar-refractivity contribution is -0.245. The summed E-state index contributed by atoms with van der Waals surface area (Å²) in [7, 11) is 0. The molecule has 10 nitrogen and oxygen atoms in total. The van der Waals surface area contributed by atoms with Gasteiger partial charge in [-0.3, -0.25) is 14.8 Å². The third kappa shape index (κ3) is 8.82. The lowest BCUT2D eigenvalue weighted by Gasteiger charge is -2.36. The van der Waals surface area contributed by atoms with Crippen molar-refractivity contribution in [3.05, 3.63) is 70.2 Å². The average molecular weight is 573 g/mol. The summed E-state index contributed by atoms with van der Waals surface area (Å²) >= 11 is 3.16. The number of hydrogen-bond acceptors (Lipinski definition) is 10. The molecule has 12 heteroatoms. The van der Waals surface area contributed by atoms with Gasteiger partial charge < -0.3 is 19.9 Å². The Labute approximate surface area is 235 Å². The molecule has 0 aliphatic carbocycles. The summed E-state index contributed by atoms with van der Waals surface area (Å²) in [6.45, 7) is 1.91. The van der Waals surface area contributed by atoms with Crippen molar-refractivity contribution in [3.8, 4) is 0 Å². The molecule has 0 saturated carbocycles. The van der Waals surface area contributed by atoms with Crippen LogP contribution in [0.5, 0.6) is 0 Å². The van der Waals surface area contributed by atoms with Crippen LogP contribution >= 0.6 is 23.1 Å². The summed E-state index contributed by atoms with van der Waals surface area (Å²) in [5, 5.41) is 30.1. The quantitative estimate of drug-likeness (QED) is 0.105. The molecule has 208 valence electrons. The average Bonchev–Trinajstić information content (AvgIpc) is 3.39. The second-order valence-electron chi connectivity index (χ2n) is 9.16. The Hall–Kier alpha value is -2.87. The van der Waals surface area contributed by atoms with Gasteiger partial charge in [0, 0.05) is 36.3 Å². The molecule has 0 bridgehead atoms. The number of carbonyl (C=O) groups excluding carboxylic acids is 2. The van der Waals surface area contributed by atoms with Gasteiger partial charge in [-0.05, 0) is 43.0 Å². The van der Waals surface area contributed by atoms with Crippen LogP contribution in [0.15, 0.2) is 52.9 Å². The molecule has 1 aromatic heterocycles. The van der Waals surface area contributed by atoms with E-state index in [-0.39, 0.29) is 37.6 Å². The fraction of sp³-hybridized carbons (Fsp3) is 0.407. The molecule has 3 aromatic rings. The summed E-state index contributed by atoms with van der Waals surface area (Å²) in [6.07, 6.45) is 1.13. The molecule has 1 saturated heterocycles. The van der Waals surface area contributed by atoms with Crippen LogP contribution in [0.2, 0.25) is 0 Å². The summed E-state index contributed by atoms with van der Waals surface area (Å²) < 4.78 is 13.7. The highest BCUT2D eigenvalue weighted by molar-refractivity contribution is 8.01. The van der Waals surface area contributed by atoms with E-state index in [1.807, 2.05) is 49.4 Å². The Kier molecular flexibility index (Phi) is 10.8. The predicted octanol–water partition coefficient (Wildman–Crippen LogP) is 4.68. The molecule has 3 atom stereocenters. The van der Waals surface area contributed by atoms with Crippen LogP contribution in [0.3, 0.4) is 0 Å². The van der Waals surface area contributed by atoms with E-state index >= 15 is 0 Å². The number of aliphatic hydroxyl groups excluding tert-OH is 1. The molecule has 1 fully saturated rings. The van der Waals surface area contributed by atoms with Gasteiger partial charge in [-0.15, -0.1) is 10.2 Å². The van der Waals surface area contributed by atoms with Crippen LogP contribution in [0, 0.1) is 6.92 Å². The largest absolute Gasteiger partial charge is 0.392 e. The fourth-order valence-corrected chi connectivity index (χ4v) is 6.00. The Morgan fingerprint density at radius 1 is 1.05 bits per heavy atom. The Balaban J connectivity index is 1.43. The predicted molar refractivity (Wildman–Crippen MR) is 147 cm³/mol. The minimum absolute atomic E-state index is 0.0193. The van der Waals surface area contributed by atoms with Gasteiger partial charge in [-0.1, -0.05) is 59.5 Å². The van der Waals surface area contributed by atoms with Crippen LogP contribution < -0.4 is 10.8 Å². The lowest BCUT2D eigenvalue weighted by atomic mass is 10.0. The number of benzene rings is 2. The summed E-state index contributed by atoms with van der Waals surface area (Å²) in [6, 6.07) is 15.1. The zero-order chi connectivity index (χ0) is 27.6. The number of anilines is 1. The van der Waals surface area contributed by atoms with Crippen LogP contribution in [0.1, 0.15) is 66.2 Å². The first-order valence-electron chi connectivity index (χ1n) is 12.7. The second-order valence-corrected chi connectivity index (χ2v) is 11.6. The van der Waals surface area contributed by atoms with Crippen LogP contribution in [-0.4, -0.2) is 44.2 Å². The number of aromatic nitrogens is 2. The monoisotopic (exact) mass is 572 g/mol. The molecule has 1 aliphatic rings. The number of aliphatic hydroxyl groups is 1. The summed E-state index contributed by atoms with van der Waals surface area (Å²) in [5.74, 6) is 0.0589. The number of unbranched alkanes of at least 4 members (excludes halogenated alkanes) is 1. The van der Waals surface area contributed by atoms with E-state index in [2.05, 4.69) is 15.5 Å². The second kappa shape index (κ2) is 14.5. The molecule has 4 N–H and O–H groups in total. The van der Waals surface area contributed by atoms with Crippen molar-refractivity contribution in [2.75, 3.05) is 11.1 Å². The summed E-state index contributed by atoms with van der Waals surface area (Å²) in [5.41, 5.74) is 4.84. The Bertz CT molecular complexity index is 1240. The maximum Gasteiger partial charge on any atom is 0.243 e. The van der Waals surface area contributed by atoms with Gasteiger partial charge in [0.25, 0.3) is 0 Å². The number of ether oxygens (including phenoxy) is 2. The van der Waals surface area contributed by atoms with Gasteiger partial charge in [-0.2, -0.15) is 0 Å². The molecular weight excluding hydrogens is 540 g/mol. The highest BCUT2D eigenvalue weighted by Crippen LogP contribution is 2.40. The van der Waals surface area contributed by atoms with Gasteiger partial charge in [0.05, 0.1) is 18.8 Å². The molecule has 2 heterocycles. The van der Waals surface area contributed by atoms with E-state index in [1.165, 1.54) is 0 Å². The number of nitrogens with one attached hydrogen (secondary N) is 2. The van der Waals surface area contributed by atoms with E-state index < -0.39 is 12.2 Å². The molecule has 0 radical (unpaired) electrons. The molecule has 0 spiro atoms. The standard InChI is InChI=1S/C27H32N4O6S2/c1-17-29-30-27(39-17)38-16-22-14-23(19-11-9-18(15-32)10-12-19)37-26(36-22)20-5-4-6-21(13-20)28-24(33)7-2-3-8-25(34)31-35/h4-6,9-13,22-23,26,32,35H,2-3,7-8,14-16H2,1H3,(H,28,33)(H,31,34). The van der Waals surface area contributed by atoms with Crippen LogP contribution in [0.4, 0.5) is 5.69 Å². The Morgan fingerprint density at radius 3 is 2.51 bits per heavy atom. The summed E-state index contributed by atoms with van der Waals surface area (Å²) in [4.78, 5) is 23.5. The van der Waals surface area contributed by atoms with Crippen molar-refractivity contribution >= 4 is 40.6 Å². The fourth-order valence-electron chi connectivity index (χ4n) is 4.14. The number of thioether (sulfide) groups is 1. The van der Waals surface area contributed by atoms with Crippen LogP contribution in [0.25, 0.3) is 0 Å². The highest BCUT2D eigenvalue weighted by Gasteiger charge is 2.32. The topological polar surface area (TPSA) is 143 Å². The van der Waals surface area contributed by atoms with E-state index in [0.29, 0.717) is 30.7 Å². The van der Waals surface area contributed by atoms with Crippen molar-refractivity contribution < 1.29 is 29.4 Å². The van der Waals surface area contributed by atoms with Gasteiger partial charge in [0.2, 0.25) is 11.8 Å². The Morgan fingerprint density at radius 2 is 1.82 bits per heavy atom. The van der Waals surface area contributed by atoms with Gasteiger partial charge >= 0.3 is 0 Å². The number of aryl methyl sites for hydroxylation is 1. The number of hydroxylamine groups is 1. The maximum absolute atomic E-state index is 12.4. The first-order chi connectivity index (χ1) is 18.9. The molecule has 1 aliphatic heterocycles. The first-order valence-corrected chi connectivity index (χ1v) is 14.5. The van der Waals surface area contributed by atoms with Crippen molar-refractivity contribution in [1.82, 2.24) is 15.7 Å². The van der Waals surface area contributed by atoms with Crippen molar-refractivity contribution in [1.29, 1.82) is 0 Å². The minimum Gasteiger partial charge on any atom is -0.392 e. The normalized spacial score (nSPS) is 19.0. The minimum atomic E-state index is -0.642. The van der Waals surface area contributed by atoms with E-state index in [0.717, 1.165) is 26.0 Å². The number of carbonyl (C=O) groups is 2. The SMILES string of the molecule is Cc1nnc(SCC2CC(c3ccc(CO)cc3)OC(c3cccc(NC(=O)CCCCC(=O)NO)c3)O2)s1. The highest BCUT2D eigenvalue weighted by atomic mass is 32.2. The smallest absolute Gasteiger partial charge is 0.243 e. The third-order valence-corrected chi connectivity index (χ3v) is 8.24. The molecular formula is C27H32N4O6S2. The van der Waals surface area contributed by atoms with Crippen molar-refractivity contribution in [2.24, 2.45) is 0 Å². The number of rotatable bonds is 12. The van der Waals surface area contributed by atoms with Gasteiger partial charge in [0.15, 0.2) is 10.6 Å². The first kappa shape index (κ1) is 29.1. The lowest BCUT2D eigenvalue weighted by Crippen LogP contribution is -2.31. The zero-order valence-electron chi connectivity index (χ0n) is 21.5. The molecule has 2 amide bonds. The van der Waals surface area contributed by atoms with Crippen molar-refractivity contribution in [3.63, 3.8) is 0 Å². The van der Waals surface area contributed by atoms with E-state index in [4.69, 9.17) is 14.7 Å². The molecule has 4 rings (SSSR count). The zero-order valence-corrected chi connectivity index (χ0v) is 23.2. The number of nitrogens with zero attached hydrogens (tertiary/aromatic N) is 2. The van der Waals surface area contributed by atoms with Gasteiger partial charge in [-0.25, -0.2) is 5.48 Å². The van der Waals surface area contributed by atoms with Crippen LogP contribution in [-0.2, 0) is 25.7 Å². The molecule has 39 heavy (non-hydrogen) atoms. The number of amides is 2. The third-order valence-electron chi connectivity index (χ3n) is 6.14.